The highest BCUT2D eigenvalue weighted by molar-refractivity contribution is 7.03. The summed E-state index contributed by atoms with van der Waals surface area (Å²) in [6, 6.07) is 46.3. The quantitative estimate of drug-likeness (QED) is 0.138. The van der Waals surface area contributed by atoms with E-state index in [-0.39, 0.29) is 0 Å². The molecule has 0 saturated heterocycles. The fourth-order valence-corrected chi connectivity index (χ4v) is 11.1. The summed E-state index contributed by atoms with van der Waals surface area (Å²) in [5.74, 6) is 0. The van der Waals surface area contributed by atoms with Crippen LogP contribution in [0.1, 0.15) is 0 Å². The molecule has 0 radical (unpaired) electrons. The van der Waals surface area contributed by atoms with Crippen LogP contribution in [0.5, 0.6) is 0 Å². The molecule has 5 aromatic carbocycles. The van der Waals surface area contributed by atoms with Crippen LogP contribution >= 0.6 is 0 Å². The van der Waals surface area contributed by atoms with Crippen molar-refractivity contribution >= 4 is 51.0 Å². The van der Waals surface area contributed by atoms with Crippen molar-refractivity contribution in [1.29, 1.82) is 0 Å². The van der Waals surface area contributed by atoms with Crippen molar-refractivity contribution in [2.45, 2.75) is 13.1 Å². The molecule has 10 rings (SSSR count). The molecule has 9 aromatic rings. The Morgan fingerprint density at radius 1 is 0.412 bits per heavy atom. The second-order valence-electron chi connectivity index (χ2n) is 14.0. The molecule has 1 aliphatic rings. The zero-order chi connectivity index (χ0) is 34.1. The molecule has 5 heteroatoms. The molecule has 0 N–H and O–H groups in total. The van der Waals surface area contributed by atoms with Gasteiger partial charge in [-0.1, -0.05) is 92.0 Å². The number of fused-ring (bicyclic) bond motifs is 7. The lowest BCUT2D eigenvalue weighted by Crippen LogP contribution is -2.49. The molecule has 1 aliphatic heterocycles. The summed E-state index contributed by atoms with van der Waals surface area (Å²) in [4.78, 5) is 18.9. The van der Waals surface area contributed by atoms with Crippen LogP contribution in [0.2, 0.25) is 13.1 Å². The molecule has 0 saturated carbocycles. The number of benzene rings is 5. The van der Waals surface area contributed by atoms with Gasteiger partial charge >= 0.3 is 0 Å². The molecule has 240 valence electrons. The lowest BCUT2D eigenvalue weighted by Gasteiger charge is -2.19. The Bertz CT molecular complexity index is 2840. The molecule has 4 aromatic heterocycles. The van der Waals surface area contributed by atoms with Crippen LogP contribution in [0.15, 0.2) is 158 Å². The maximum atomic E-state index is 4.98. The first-order valence-electron chi connectivity index (χ1n) is 17.3. The maximum Gasteiger partial charge on any atom is 0.113 e. The summed E-state index contributed by atoms with van der Waals surface area (Å²) in [6.45, 7) is 4.93. The van der Waals surface area contributed by atoms with Gasteiger partial charge < -0.3 is 0 Å². The minimum Gasteiger partial charge on any atom is -0.264 e. The Kier molecular flexibility index (Phi) is 6.60. The fourth-order valence-electron chi connectivity index (χ4n) is 7.99. The Morgan fingerprint density at radius 2 is 1.16 bits per heavy atom. The second-order valence-corrected chi connectivity index (χ2v) is 18.3. The second kappa shape index (κ2) is 11.4. The van der Waals surface area contributed by atoms with E-state index in [1.54, 1.807) is 0 Å². The average molecular weight is 669 g/mol. The maximum absolute atomic E-state index is 4.98. The van der Waals surface area contributed by atoms with Crippen LogP contribution in [0.25, 0.3) is 88.3 Å². The van der Waals surface area contributed by atoms with Gasteiger partial charge in [0.25, 0.3) is 0 Å². The van der Waals surface area contributed by atoms with Crippen LogP contribution in [-0.2, 0) is 0 Å². The molecule has 4 nitrogen and oxygen atoms in total. The number of hydrogen-bond donors (Lipinski definition) is 0. The van der Waals surface area contributed by atoms with Gasteiger partial charge in [0.1, 0.15) is 8.07 Å². The molecule has 0 amide bonds. The van der Waals surface area contributed by atoms with Crippen LogP contribution in [0, 0.1) is 0 Å². The van der Waals surface area contributed by atoms with E-state index in [1.165, 1.54) is 38.0 Å². The van der Waals surface area contributed by atoms with Gasteiger partial charge in [-0.25, -0.2) is 0 Å². The Hall–Kier alpha value is -6.30. The van der Waals surface area contributed by atoms with E-state index in [0.717, 1.165) is 60.7 Å². The first kappa shape index (κ1) is 29.6. The third kappa shape index (κ3) is 4.81. The normalized spacial score (nSPS) is 13.1. The van der Waals surface area contributed by atoms with E-state index in [1.807, 2.05) is 37.1 Å². The number of rotatable bonds is 4. The van der Waals surface area contributed by atoms with Gasteiger partial charge in [-0.15, -0.1) is 0 Å². The van der Waals surface area contributed by atoms with Gasteiger partial charge in [0.2, 0.25) is 0 Å². The third-order valence-corrected chi connectivity index (χ3v) is 14.2. The van der Waals surface area contributed by atoms with Crippen molar-refractivity contribution in [3.63, 3.8) is 0 Å². The van der Waals surface area contributed by atoms with E-state index >= 15 is 0 Å². The summed E-state index contributed by atoms with van der Waals surface area (Å²) in [5, 5.41) is 7.48. The van der Waals surface area contributed by atoms with Crippen LogP contribution in [0.4, 0.5) is 0 Å². The number of pyridine rings is 4. The van der Waals surface area contributed by atoms with Crippen molar-refractivity contribution in [2.24, 2.45) is 0 Å². The standard InChI is InChI=1S/C46H32N4Si/c1-51(2)43-11-4-3-9-39(43)40-25-31(15-17-44(40)51)34-22-35(24-36(23-34)38-10-5-7-29-18-20-47-28-41(29)38)33-14-16-42(49-26-33)37-21-32-13-12-30-8-6-19-48-45(30)46(32)50-27-37/h3-28H,1-2H3. The summed E-state index contributed by atoms with van der Waals surface area (Å²) >= 11 is 0. The van der Waals surface area contributed by atoms with E-state index < -0.39 is 8.07 Å². The predicted octanol–water partition coefficient (Wildman–Crippen LogP) is 10.2. The summed E-state index contributed by atoms with van der Waals surface area (Å²) in [5.41, 5.74) is 13.3. The highest BCUT2D eigenvalue weighted by Crippen LogP contribution is 2.38. The van der Waals surface area contributed by atoms with Crippen molar-refractivity contribution < 1.29 is 0 Å². The molecule has 0 atom stereocenters. The molecule has 0 bridgehead atoms. The molecule has 51 heavy (non-hydrogen) atoms. The summed E-state index contributed by atoms with van der Waals surface area (Å²) in [6.07, 6.45) is 9.55. The smallest absolute Gasteiger partial charge is 0.113 e. The van der Waals surface area contributed by atoms with Gasteiger partial charge in [0.05, 0.1) is 16.7 Å². The number of hydrogen-bond acceptors (Lipinski definition) is 4. The van der Waals surface area contributed by atoms with E-state index in [2.05, 4.69) is 144 Å². The van der Waals surface area contributed by atoms with Gasteiger partial charge in [0, 0.05) is 58.3 Å². The van der Waals surface area contributed by atoms with Crippen molar-refractivity contribution in [3.05, 3.63) is 158 Å². The third-order valence-electron chi connectivity index (χ3n) is 10.7. The monoisotopic (exact) mass is 668 g/mol. The summed E-state index contributed by atoms with van der Waals surface area (Å²) in [7, 11) is -1.75. The molecule has 0 unspecified atom stereocenters. The lowest BCUT2D eigenvalue weighted by atomic mass is 9.91. The lowest BCUT2D eigenvalue weighted by molar-refractivity contribution is 1.30. The molecule has 0 fully saturated rings. The Labute approximate surface area is 297 Å². The SMILES string of the molecule is C[Si]1(C)c2ccccc2-c2cc(-c3cc(-c4ccc(-c5cnc6c(ccc7cccnc76)c5)nc4)cc(-c4cccc5ccncc45)c3)ccc21. The van der Waals surface area contributed by atoms with Crippen molar-refractivity contribution in [2.75, 3.05) is 0 Å². The minimum absolute atomic E-state index is 0.884. The van der Waals surface area contributed by atoms with E-state index in [4.69, 9.17) is 9.97 Å². The fraction of sp³-hybridized carbons (Fsp3) is 0.0435. The Morgan fingerprint density at radius 3 is 2.06 bits per heavy atom. The molecular formula is C46H32N4Si. The van der Waals surface area contributed by atoms with Crippen LogP contribution in [0.3, 0.4) is 0 Å². The van der Waals surface area contributed by atoms with Crippen LogP contribution in [-0.4, -0.2) is 28.0 Å². The number of nitrogens with zero attached hydrogens (tertiary/aromatic N) is 4. The number of aromatic nitrogens is 4. The van der Waals surface area contributed by atoms with Gasteiger partial charge in [0.15, 0.2) is 0 Å². The predicted molar refractivity (Wildman–Crippen MR) is 214 cm³/mol. The van der Waals surface area contributed by atoms with Crippen molar-refractivity contribution in [3.8, 4) is 55.8 Å². The molecular weight excluding hydrogens is 637 g/mol. The molecule has 0 spiro atoms. The largest absolute Gasteiger partial charge is 0.264 e. The minimum atomic E-state index is -1.75. The van der Waals surface area contributed by atoms with Gasteiger partial charge in [-0.05, 0) is 103 Å². The topological polar surface area (TPSA) is 51.6 Å². The van der Waals surface area contributed by atoms with Gasteiger partial charge in [-0.3, -0.25) is 19.9 Å². The first-order valence-corrected chi connectivity index (χ1v) is 20.3. The molecule has 5 heterocycles. The molecule has 0 aliphatic carbocycles. The first-order chi connectivity index (χ1) is 25.0. The highest BCUT2D eigenvalue weighted by atomic mass is 28.3. The zero-order valence-electron chi connectivity index (χ0n) is 28.3. The average Bonchev–Trinajstić information content (AvgIpc) is 3.42. The summed E-state index contributed by atoms with van der Waals surface area (Å²) < 4.78 is 0. The van der Waals surface area contributed by atoms with Gasteiger partial charge in [-0.2, -0.15) is 0 Å². The zero-order valence-corrected chi connectivity index (χ0v) is 29.3. The van der Waals surface area contributed by atoms with Crippen molar-refractivity contribution in [1.82, 2.24) is 19.9 Å². The highest BCUT2D eigenvalue weighted by Gasteiger charge is 2.37. The van der Waals surface area contributed by atoms with Crippen LogP contribution < -0.4 is 10.4 Å². The van der Waals surface area contributed by atoms with E-state index in [0.29, 0.717) is 0 Å². The Balaban J connectivity index is 1.10. The van der Waals surface area contributed by atoms with E-state index in [9.17, 15) is 0 Å².